The highest BCUT2D eigenvalue weighted by atomic mass is 16.5. The molecule has 0 fully saturated rings. The Hall–Kier alpha value is -1.32. The smallest absolute Gasteiger partial charge is 0.360 e. The van der Waals surface area contributed by atoms with Crippen LogP contribution in [0.1, 0.15) is 42.9 Å². The number of hydrogen-bond acceptors (Lipinski definition) is 4. The van der Waals surface area contributed by atoms with E-state index in [2.05, 4.69) is 12.1 Å². The standard InChI is InChI=1S/C10H15NO3/c1-3-5-6-8-7-9(11-14-8)10(12)13-4-2/h7H,3-6H2,1-2H3. The molecule has 1 heterocycles. The van der Waals surface area contributed by atoms with Crippen LogP contribution >= 0.6 is 0 Å². The third-order valence-electron chi connectivity index (χ3n) is 1.82. The number of aryl methyl sites for hydroxylation is 1. The van der Waals surface area contributed by atoms with Crippen LogP contribution in [0.4, 0.5) is 0 Å². The van der Waals surface area contributed by atoms with Gasteiger partial charge in [0, 0.05) is 12.5 Å². The molecular weight excluding hydrogens is 182 g/mol. The molecule has 0 aliphatic heterocycles. The summed E-state index contributed by atoms with van der Waals surface area (Å²) in [4.78, 5) is 11.2. The number of aromatic nitrogens is 1. The maximum absolute atomic E-state index is 11.2. The van der Waals surface area contributed by atoms with E-state index in [-0.39, 0.29) is 5.69 Å². The van der Waals surface area contributed by atoms with Crippen molar-refractivity contribution >= 4 is 5.97 Å². The maximum atomic E-state index is 11.2. The van der Waals surface area contributed by atoms with Crippen LogP contribution < -0.4 is 0 Å². The summed E-state index contributed by atoms with van der Waals surface area (Å²) < 4.78 is 9.77. The van der Waals surface area contributed by atoms with E-state index in [9.17, 15) is 4.79 Å². The van der Waals surface area contributed by atoms with Crippen molar-refractivity contribution in [3.63, 3.8) is 0 Å². The van der Waals surface area contributed by atoms with E-state index in [0.717, 1.165) is 25.0 Å². The Bertz CT molecular complexity index is 293. The first-order valence-electron chi connectivity index (χ1n) is 4.90. The van der Waals surface area contributed by atoms with E-state index >= 15 is 0 Å². The summed E-state index contributed by atoms with van der Waals surface area (Å²) in [7, 11) is 0. The molecule has 0 aromatic carbocycles. The number of nitrogens with zero attached hydrogens (tertiary/aromatic N) is 1. The molecular formula is C10H15NO3. The van der Waals surface area contributed by atoms with Gasteiger partial charge < -0.3 is 9.26 Å². The second kappa shape index (κ2) is 5.42. The van der Waals surface area contributed by atoms with E-state index in [4.69, 9.17) is 9.26 Å². The number of rotatable bonds is 5. The summed E-state index contributed by atoms with van der Waals surface area (Å²) in [6, 6.07) is 1.65. The number of unbranched alkanes of at least 4 members (excludes halogenated alkanes) is 1. The highest BCUT2D eigenvalue weighted by molar-refractivity contribution is 5.87. The van der Waals surface area contributed by atoms with Gasteiger partial charge in [-0.1, -0.05) is 18.5 Å². The molecule has 0 N–H and O–H groups in total. The topological polar surface area (TPSA) is 52.3 Å². The summed E-state index contributed by atoms with van der Waals surface area (Å²) >= 11 is 0. The monoisotopic (exact) mass is 197 g/mol. The van der Waals surface area contributed by atoms with Crippen molar-refractivity contribution in [2.45, 2.75) is 33.1 Å². The van der Waals surface area contributed by atoms with Gasteiger partial charge in [0.25, 0.3) is 0 Å². The molecule has 0 aliphatic carbocycles. The highest BCUT2D eigenvalue weighted by Gasteiger charge is 2.12. The zero-order valence-corrected chi connectivity index (χ0v) is 8.58. The van der Waals surface area contributed by atoms with Crippen LogP contribution in [0.5, 0.6) is 0 Å². The number of ether oxygens (including phenoxy) is 1. The Morgan fingerprint density at radius 2 is 2.36 bits per heavy atom. The lowest BCUT2D eigenvalue weighted by atomic mass is 10.2. The number of esters is 1. The molecule has 0 atom stereocenters. The number of carbonyl (C=O) groups is 1. The normalized spacial score (nSPS) is 10.1. The molecule has 0 bridgehead atoms. The van der Waals surface area contributed by atoms with E-state index < -0.39 is 5.97 Å². The van der Waals surface area contributed by atoms with Crippen molar-refractivity contribution in [2.24, 2.45) is 0 Å². The summed E-state index contributed by atoms with van der Waals surface area (Å²) in [6.45, 7) is 4.22. The lowest BCUT2D eigenvalue weighted by molar-refractivity contribution is 0.0514. The van der Waals surface area contributed by atoms with Gasteiger partial charge in [-0.3, -0.25) is 0 Å². The van der Waals surface area contributed by atoms with Crippen molar-refractivity contribution < 1.29 is 14.1 Å². The maximum Gasteiger partial charge on any atom is 0.360 e. The van der Waals surface area contributed by atoms with Gasteiger partial charge >= 0.3 is 5.97 Å². The fourth-order valence-electron chi connectivity index (χ4n) is 1.08. The quantitative estimate of drug-likeness (QED) is 0.679. The van der Waals surface area contributed by atoms with Crippen LogP contribution in [-0.2, 0) is 11.2 Å². The first-order chi connectivity index (χ1) is 6.77. The molecule has 1 aromatic rings. The summed E-state index contributed by atoms with van der Waals surface area (Å²) in [5, 5.41) is 3.64. The minimum atomic E-state index is -0.418. The predicted molar refractivity (Wildman–Crippen MR) is 51.1 cm³/mol. The molecule has 0 unspecified atom stereocenters. The summed E-state index contributed by atoms with van der Waals surface area (Å²) in [5.41, 5.74) is 0.262. The van der Waals surface area contributed by atoms with Gasteiger partial charge in [-0.05, 0) is 13.3 Å². The Labute approximate surface area is 83.2 Å². The zero-order chi connectivity index (χ0) is 10.4. The Kier molecular flexibility index (Phi) is 4.16. The van der Waals surface area contributed by atoms with Gasteiger partial charge in [-0.15, -0.1) is 0 Å². The summed E-state index contributed by atoms with van der Waals surface area (Å²) in [5.74, 6) is 0.328. The van der Waals surface area contributed by atoms with Crippen molar-refractivity contribution in [3.05, 3.63) is 17.5 Å². The minimum Gasteiger partial charge on any atom is -0.461 e. The average Bonchev–Trinajstić information content (AvgIpc) is 2.63. The van der Waals surface area contributed by atoms with E-state index in [1.807, 2.05) is 0 Å². The van der Waals surface area contributed by atoms with Crippen LogP contribution in [0.2, 0.25) is 0 Å². The Morgan fingerprint density at radius 3 is 3.00 bits per heavy atom. The molecule has 0 saturated heterocycles. The second-order valence-electron chi connectivity index (χ2n) is 3.00. The third-order valence-corrected chi connectivity index (χ3v) is 1.82. The molecule has 14 heavy (non-hydrogen) atoms. The molecule has 4 nitrogen and oxygen atoms in total. The fourth-order valence-corrected chi connectivity index (χ4v) is 1.08. The van der Waals surface area contributed by atoms with Gasteiger partial charge in [-0.25, -0.2) is 4.79 Å². The molecule has 0 radical (unpaired) electrons. The van der Waals surface area contributed by atoms with Gasteiger partial charge in [-0.2, -0.15) is 0 Å². The van der Waals surface area contributed by atoms with Crippen LogP contribution in [-0.4, -0.2) is 17.7 Å². The van der Waals surface area contributed by atoms with Crippen LogP contribution in [0.3, 0.4) is 0 Å². The average molecular weight is 197 g/mol. The van der Waals surface area contributed by atoms with Crippen molar-refractivity contribution in [3.8, 4) is 0 Å². The van der Waals surface area contributed by atoms with Crippen molar-refractivity contribution in [1.82, 2.24) is 5.16 Å². The van der Waals surface area contributed by atoms with Gasteiger partial charge in [0.2, 0.25) is 0 Å². The number of hydrogen-bond donors (Lipinski definition) is 0. The molecule has 0 spiro atoms. The first-order valence-corrected chi connectivity index (χ1v) is 4.90. The lowest BCUT2D eigenvalue weighted by Gasteiger charge is -1.94. The van der Waals surface area contributed by atoms with Gasteiger partial charge in [0.15, 0.2) is 5.69 Å². The fraction of sp³-hybridized carbons (Fsp3) is 0.600. The first kappa shape index (κ1) is 10.8. The van der Waals surface area contributed by atoms with E-state index in [1.165, 1.54) is 0 Å². The van der Waals surface area contributed by atoms with Crippen molar-refractivity contribution in [1.29, 1.82) is 0 Å². The predicted octanol–water partition coefficient (Wildman–Crippen LogP) is 2.19. The second-order valence-corrected chi connectivity index (χ2v) is 3.00. The van der Waals surface area contributed by atoms with Crippen LogP contribution in [0.15, 0.2) is 10.6 Å². The Balaban J connectivity index is 2.54. The third kappa shape index (κ3) is 2.87. The van der Waals surface area contributed by atoms with E-state index in [0.29, 0.717) is 6.61 Å². The molecule has 1 aromatic heterocycles. The van der Waals surface area contributed by atoms with Crippen molar-refractivity contribution in [2.75, 3.05) is 6.61 Å². The van der Waals surface area contributed by atoms with Gasteiger partial charge in [0.05, 0.1) is 6.61 Å². The SMILES string of the molecule is CCCCc1cc(C(=O)OCC)no1. The minimum absolute atomic E-state index is 0.262. The molecule has 0 aliphatic rings. The molecule has 1 rings (SSSR count). The molecule has 78 valence electrons. The Morgan fingerprint density at radius 1 is 1.57 bits per heavy atom. The van der Waals surface area contributed by atoms with Crippen LogP contribution in [0, 0.1) is 0 Å². The highest BCUT2D eigenvalue weighted by Crippen LogP contribution is 2.08. The van der Waals surface area contributed by atoms with Gasteiger partial charge in [0.1, 0.15) is 5.76 Å². The molecule has 0 saturated carbocycles. The number of carbonyl (C=O) groups excluding carboxylic acids is 1. The lowest BCUT2D eigenvalue weighted by Crippen LogP contribution is -2.04. The summed E-state index contributed by atoms with van der Waals surface area (Å²) in [6.07, 6.45) is 2.95. The van der Waals surface area contributed by atoms with E-state index in [1.54, 1.807) is 13.0 Å². The molecule has 0 amide bonds. The van der Waals surface area contributed by atoms with Crippen LogP contribution in [0.25, 0.3) is 0 Å². The molecule has 4 heteroatoms. The zero-order valence-electron chi connectivity index (χ0n) is 8.58. The largest absolute Gasteiger partial charge is 0.461 e.